The molecule has 6 heteroatoms. The highest BCUT2D eigenvalue weighted by atomic mass is 35.5. The third kappa shape index (κ3) is 1.50. The fourth-order valence-electron chi connectivity index (χ4n) is 0.922. The van der Waals surface area contributed by atoms with Crippen LogP contribution in [0, 0.1) is 0 Å². The second kappa shape index (κ2) is 3.17. The van der Waals surface area contributed by atoms with E-state index in [2.05, 4.69) is 15.0 Å². The number of aliphatic hydroxyl groups excluding tert-OH is 1. The number of rotatable bonds is 1. The van der Waals surface area contributed by atoms with Crippen molar-refractivity contribution in [1.82, 2.24) is 15.0 Å². The van der Waals surface area contributed by atoms with Crippen molar-refractivity contribution in [2.24, 2.45) is 0 Å². The first-order valence-corrected chi connectivity index (χ1v) is 4.83. The Kier molecular flexibility index (Phi) is 2.15. The lowest BCUT2D eigenvalue weighted by atomic mass is 10.4. The molecule has 0 fully saturated rings. The highest BCUT2D eigenvalue weighted by molar-refractivity contribution is 7.18. The van der Waals surface area contributed by atoms with Crippen LogP contribution in [0.3, 0.4) is 0 Å². The molecule has 1 N–H and O–H groups in total. The fraction of sp³-hybridized carbons (Fsp3) is 0.286. The summed E-state index contributed by atoms with van der Waals surface area (Å²) in [6.45, 7) is 1.65. The summed E-state index contributed by atoms with van der Waals surface area (Å²) in [5, 5.41) is 10.2. The normalized spacial score (nSPS) is 13.5. The van der Waals surface area contributed by atoms with E-state index in [4.69, 9.17) is 11.6 Å². The van der Waals surface area contributed by atoms with E-state index in [0.29, 0.717) is 20.5 Å². The molecule has 0 aromatic carbocycles. The first-order chi connectivity index (χ1) is 6.18. The predicted octanol–water partition coefficient (Wildman–Crippen LogP) is 1.79. The van der Waals surface area contributed by atoms with Crippen LogP contribution < -0.4 is 0 Å². The molecule has 68 valence electrons. The summed E-state index contributed by atoms with van der Waals surface area (Å²) in [4.78, 5) is 12.6. The number of nitrogens with zero attached hydrogens (tertiary/aromatic N) is 3. The molecular formula is C7H6ClN3OS. The van der Waals surface area contributed by atoms with Crippen molar-refractivity contribution in [2.45, 2.75) is 13.0 Å². The minimum atomic E-state index is -0.588. The van der Waals surface area contributed by atoms with Gasteiger partial charge in [-0.2, -0.15) is 0 Å². The summed E-state index contributed by atoms with van der Waals surface area (Å²) in [7, 11) is 0. The molecule has 0 saturated heterocycles. The third-order valence-corrected chi connectivity index (χ3v) is 2.93. The maximum absolute atomic E-state index is 9.27. The van der Waals surface area contributed by atoms with Crippen LogP contribution in [0.2, 0.25) is 5.15 Å². The molecule has 2 heterocycles. The van der Waals surface area contributed by atoms with E-state index < -0.39 is 6.10 Å². The molecule has 0 radical (unpaired) electrons. The zero-order valence-corrected chi connectivity index (χ0v) is 8.30. The van der Waals surface area contributed by atoms with Crippen LogP contribution in [0.4, 0.5) is 0 Å². The van der Waals surface area contributed by atoms with Crippen LogP contribution in [0.5, 0.6) is 0 Å². The first-order valence-electron chi connectivity index (χ1n) is 3.63. The second-order valence-electron chi connectivity index (χ2n) is 2.55. The monoisotopic (exact) mass is 215 g/mol. The van der Waals surface area contributed by atoms with E-state index in [0.717, 1.165) is 0 Å². The van der Waals surface area contributed by atoms with E-state index in [1.54, 1.807) is 6.92 Å². The van der Waals surface area contributed by atoms with Gasteiger partial charge in [-0.1, -0.05) is 22.9 Å². The number of halogens is 1. The summed E-state index contributed by atoms with van der Waals surface area (Å²) >= 11 is 7.11. The number of thiazole rings is 1. The topological polar surface area (TPSA) is 58.9 Å². The van der Waals surface area contributed by atoms with Crippen LogP contribution in [0.15, 0.2) is 6.33 Å². The molecule has 4 nitrogen and oxygen atoms in total. The molecule has 1 unspecified atom stereocenters. The van der Waals surface area contributed by atoms with Crippen molar-refractivity contribution >= 4 is 33.3 Å². The van der Waals surface area contributed by atoms with Gasteiger partial charge >= 0.3 is 0 Å². The number of hydrogen-bond acceptors (Lipinski definition) is 5. The fourth-order valence-corrected chi connectivity index (χ4v) is 2.00. The zero-order valence-electron chi connectivity index (χ0n) is 6.73. The number of aliphatic hydroxyl groups is 1. The van der Waals surface area contributed by atoms with Crippen molar-refractivity contribution in [1.29, 1.82) is 0 Å². The Labute approximate surface area is 83.2 Å². The van der Waals surface area contributed by atoms with E-state index in [-0.39, 0.29) is 0 Å². The Hall–Kier alpha value is -0.780. The van der Waals surface area contributed by atoms with E-state index in [9.17, 15) is 5.11 Å². The minimum absolute atomic E-state index is 0.327. The van der Waals surface area contributed by atoms with Crippen molar-refractivity contribution < 1.29 is 5.11 Å². The summed E-state index contributed by atoms with van der Waals surface area (Å²) in [5.74, 6) is 0. The Bertz CT molecular complexity index is 442. The molecule has 2 aromatic rings. The molecule has 0 aliphatic heterocycles. The van der Waals surface area contributed by atoms with Gasteiger partial charge in [-0.25, -0.2) is 15.0 Å². The van der Waals surface area contributed by atoms with Crippen LogP contribution in [-0.2, 0) is 0 Å². The molecule has 2 aromatic heterocycles. The van der Waals surface area contributed by atoms with Crippen LogP contribution >= 0.6 is 22.9 Å². The first kappa shape index (κ1) is 8.80. The van der Waals surface area contributed by atoms with Gasteiger partial charge in [-0.05, 0) is 6.92 Å². The molecule has 0 bridgehead atoms. The quantitative estimate of drug-likeness (QED) is 0.737. The molecular weight excluding hydrogens is 210 g/mol. The highest BCUT2D eigenvalue weighted by Crippen LogP contribution is 2.27. The summed E-state index contributed by atoms with van der Waals surface area (Å²) in [6, 6.07) is 0. The molecule has 0 aliphatic rings. The van der Waals surface area contributed by atoms with Crippen molar-refractivity contribution in [3.05, 3.63) is 16.5 Å². The predicted molar refractivity (Wildman–Crippen MR) is 50.9 cm³/mol. The lowest BCUT2D eigenvalue weighted by molar-refractivity contribution is 0.199. The molecule has 1 atom stereocenters. The highest BCUT2D eigenvalue weighted by Gasteiger charge is 2.11. The summed E-state index contributed by atoms with van der Waals surface area (Å²) in [5.41, 5.74) is 0.560. The SMILES string of the molecule is CC(O)c1nc2c(Cl)ncnc2s1. The van der Waals surface area contributed by atoms with Gasteiger partial charge < -0.3 is 5.11 Å². The molecule has 13 heavy (non-hydrogen) atoms. The smallest absolute Gasteiger partial charge is 0.159 e. The molecule has 0 aliphatic carbocycles. The summed E-state index contributed by atoms with van der Waals surface area (Å²) in [6.07, 6.45) is 0.796. The van der Waals surface area contributed by atoms with Gasteiger partial charge in [0.1, 0.15) is 27.8 Å². The van der Waals surface area contributed by atoms with Gasteiger partial charge in [-0.15, -0.1) is 0 Å². The lowest BCUT2D eigenvalue weighted by Crippen LogP contribution is -1.88. The average Bonchev–Trinajstić information content (AvgIpc) is 2.49. The van der Waals surface area contributed by atoms with E-state index in [1.807, 2.05) is 0 Å². The van der Waals surface area contributed by atoms with Gasteiger partial charge in [0.05, 0.1) is 0 Å². The number of hydrogen-bond donors (Lipinski definition) is 1. The van der Waals surface area contributed by atoms with Gasteiger partial charge in [-0.3, -0.25) is 0 Å². The minimum Gasteiger partial charge on any atom is -0.386 e. The average molecular weight is 216 g/mol. The van der Waals surface area contributed by atoms with Crippen LogP contribution in [0.1, 0.15) is 18.0 Å². The maximum Gasteiger partial charge on any atom is 0.159 e. The number of fused-ring (bicyclic) bond motifs is 1. The second-order valence-corrected chi connectivity index (χ2v) is 3.91. The van der Waals surface area contributed by atoms with Gasteiger partial charge in [0.2, 0.25) is 0 Å². The maximum atomic E-state index is 9.27. The Morgan fingerprint density at radius 1 is 1.54 bits per heavy atom. The molecule has 2 rings (SSSR count). The van der Waals surface area contributed by atoms with Crippen molar-refractivity contribution in [3.63, 3.8) is 0 Å². The zero-order chi connectivity index (χ0) is 9.42. The molecule has 0 amide bonds. The number of aromatic nitrogens is 3. The van der Waals surface area contributed by atoms with Gasteiger partial charge in [0, 0.05) is 0 Å². The van der Waals surface area contributed by atoms with Crippen molar-refractivity contribution in [2.75, 3.05) is 0 Å². The van der Waals surface area contributed by atoms with Crippen LogP contribution in [-0.4, -0.2) is 20.1 Å². The van der Waals surface area contributed by atoms with E-state index >= 15 is 0 Å². The Morgan fingerprint density at radius 2 is 2.31 bits per heavy atom. The standard InChI is InChI=1S/C7H6ClN3OS/c1-3(12)6-11-4-5(8)9-2-10-7(4)13-6/h2-3,12H,1H3. The van der Waals surface area contributed by atoms with Crippen molar-refractivity contribution in [3.8, 4) is 0 Å². The lowest BCUT2D eigenvalue weighted by Gasteiger charge is -1.93. The van der Waals surface area contributed by atoms with Crippen LogP contribution in [0.25, 0.3) is 10.3 Å². The van der Waals surface area contributed by atoms with Gasteiger partial charge in [0.15, 0.2) is 5.15 Å². The largest absolute Gasteiger partial charge is 0.386 e. The Morgan fingerprint density at radius 3 is 2.92 bits per heavy atom. The van der Waals surface area contributed by atoms with E-state index in [1.165, 1.54) is 17.7 Å². The third-order valence-electron chi connectivity index (χ3n) is 1.52. The molecule has 0 spiro atoms. The Balaban J connectivity index is 2.68. The summed E-state index contributed by atoms with van der Waals surface area (Å²) < 4.78 is 0. The molecule has 0 saturated carbocycles. The van der Waals surface area contributed by atoms with Gasteiger partial charge in [0.25, 0.3) is 0 Å².